The standard InChI is InChI=1S/C35H45N7O2/c1-5-17-40-19-20-42(23-26(40)13-16-36)34-28-14-18-41(31-12-8-10-25-9-6-7-11-27(25)31)24-30(28)37-35(38-34)44-33-22-32(39(2)3)29(33)15-21-43-4/h5-12,17,26,29,32-33H,13-15,18-24H2,1-4H3/t26-,29?,32?,33?/m0/s1. The fourth-order valence-electron chi connectivity index (χ4n) is 7.27. The first kappa shape index (κ1) is 30.2. The highest BCUT2D eigenvalue weighted by Gasteiger charge is 2.44. The van der Waals surface area contributed by atoms with Crippen LogP contribution in [0, 0.1) is 17.2 Å². The van der Waals surface area contributed by atoms with Crippen LogP contribution in [0.25, 0.3) is 10.8 Å². The molecule has 3 unspecified atom stereocenters. The number of ether oxygens (including phenoxy) is 2. The van der Waals surface area contributed by atoms with Crippen LogP contribution < -0.4 is 14.5 Å². The van der Waals surface area contributed by atoms with Crippen LogP contribution in [-0.2, 0) is 17.7 Å². The van der Waals surface area contributed by atoms with Crippen molar-refractivity contribution in [2.24, 2.45) is 5.92 Å². The molecule has 0 radical (unpaired) electrons. The van der Waals surface area contributed by atoms with E-state index in [2.05, 4.69) is 94.5 Å². The van der Waals surface area contributed by atoms with Crippen LogP contribution in [0.5, 0.6) is 6.01 Å². The Morgan fingerprint density at radius 3 is 2.70 bits per heavy atom. The molecule has 3 heterocycles. The van der Waals surface area contributed by atoms with Crippen molar-refractivity contribution in [2.75, 3.05) is 63.8 Å². The van der Waals surface area contributed by atoms with Gasteiger partial charge in [-0.05, 0) is 51.5 Å². The molecule has 0 amide bonds. The molecule has 3 aliphatic rings. The second-order valence-electron chi connectivity index (χ2n) is 12.5. The molecule has 0 N–H and O–H groups in total. The minimum absolute atomic E-state index is 0.0547. The number of benzene rings is 2. The Morgan fingerprint density at radius 2 is 1.91 bits per heavy atom. The zero-order chi connectivity index (χ0) is 30.6. The van der Waals surface area contributed by atoms with E-state index in [-0.39, 0.29) is 12.1 Å². The van der Waals surface area contributed by atoms with E-state index in [1.165, 1.54) is 22.0 Å². The van der Waals surface area contributed by atoms with E-state index in [1.807, 2.05) is 6.92 Å². The van der Waals surface area contributed by atoms with E-state index in [1.54, 1.807) is 7.11 Å². The molecule has 2 aliphatic heterocycles. The molecule has 0 spiro atoms. The lowest BCUT2D eigenvalue weighted by Crippen LogP contribution is -2.56. The fourth-order valence-corrected chi connectivity index (χ4v) is 7.27. The molecule has 4 atom stereocenters. The van der Waals surface area contributed by atoms with Crippen molar-refractivity contribution in [1.29, 1.82) is 5.26 Å². The van der Waals surface area contributed by atoms with Gasteiger partial charge in [-0.1, -0.05) is 42.5 Å². The van der Waals surface area contributed by atoms with Crippen molar-refractivity contribution >= 4 is 22.3 Å². The Balaban J connectivity index is 1.33. The van der Waals surface area contributed by atoms with Gasteiger partial charge in [-0.2, -0.15) is 15.2 Å². The first-order valence-corrected chi connectivity index (χ1v) is 16.0. The third kappa shape index (κ3) is 6.06. The molecule has 1 aliphatic carbocycles. The highest BCUT2D eigenvalue weighted by atomic mass is 16.5. The minimum Gasteiger partial charge on any atom is -0.460 e. The van der Waals surface area contributed by atoms with Crippen LogP contribution in [0.4, 0.5) is 11.5 Å². The maximum atomic E-state index is 9.61. The molecule has 9 nitrogen and oxygen atoms in total. The van der Waals surface area contributed by atoms with Gasteiger partial charge >= 0.3 is 6.01 Å². The van der Waals surface area contributed by atoms with Crippen LogP contribution in [0.3, 0.4) is 0 Å². The lowest BCUT2D eigenvalue weighted by atomic mass is 9.74. The Labute approximate surface area is 261 Å². The van der Waals surface area contributed by atoms with Gasteiger partial charge in [0.1, 0.15) is 11.9 Å². The maximum absolute atomic E-state index is 9.61. The largest absolute Gasteiger partial charge is 0.460 e. The second-order valence-corrected chi connectivity index (χ2v) is 12.5. The van der Waals surface area contributed by atoms with Gasteiger partial charge in [-0.3, -0.25) is 0 Å². The highest BCUT2D eigenvalue weighted by Crippen LogP contribution is 2.39. The summed E-state index contributed by atoms with van der Waals surface area (Å²) in [5.74, 6) is 1.34. The van der Waals surface area contributed by atoms with Crippen LogP contribution in [0.1, 0.15) is 37.4 Å². The van der Waals surface area contributed by atoms with Gasteiger partial charge in [0.15, 0.2) is 0 Å². The number of methoxy groups -OCH3 is 1. The number of rotatable bonds is 10. The lowest BCUT2D eigenvalue weighted by molar-refractivity contribution is -0.0485. The lowest BCUT2D eigenvalue weighted by Gasteiger charge is -2.47. The number of nitrogens with zero attached hydrogens (tertiary/aromatic N) is 7. The van der Waals surface area contributed by atoms with E-state index < -0.39 is 0 Å². The molecule has 0 bridgehead atoms. The van der Waals surface area contributed by atoms with Gasteiger partial charge in [0, 0.05) is 74.9 Å². The summed E-state index contributed by atoms with van der Waals surface area (Å²) in [5.41, 5.74) is 3.48. The zero-order valence-corrected chi connectivity index (χ0v) is 26.5. The summed E-state index contributed by atoms with van der Waals surface area (Å²) in [6.45, 7) is 6.77. The van der Waals surface area contributed by atoms with Crippen molar-refractivity contribution in [3.05, 3.63) is 66.0 Å². The first-order valence-electron chi connectivity index (χ1n) is 16.0. The van der Waals surface area contributed by atoms with Crippen LogP contribution in [0.2, 0.25) is 0 Å². The molecule has 232 valence electrons. The van der Waals surface area contributed by atoms with Gasteiger partial charge in [0.2, 0.25) is 0 Å². The SMILES string of the molecule is CC=CN1CCN(c2nc(OC3CC(N(C)C)C3CCOC)nc3c2CCN(c2cccc4ccccc24)C3)C[C@@H]1CC#N. The van der Waals surface area contributed by atoms with E-state index in [0.29, 0.717) is 37.5 Å². The Kier molecular flexibility index (Phi) is 9.20. The number of aromatic nitrogens is 2. The van der Waals surface area contributed by atoms with E-state index in [0.717, 1.165) is 57.0 Å². The van der Waals surface area contributed by atoms with Crippen molar-refractivity contribution in [3.8, 4) is 12.1 Å². The van der Waals surface area contributed by atoms with Gasteiger partial charge in [-0.25, -0.2) is 0 Å². The minimum atomic E-state index is 0.0547. The predicted octanol–water partition coefficient (Wildman–Crippen LogP) is 4.86. The number of hydrogen-bond donors (Lipinski definition) is 0. The average molecular weight is 596 g/mol. The van der Waals surface area contributed by atoms with Gasteiger partial charge in [0.05, 0.1) is 30.8 Å². The Morgan fingerprint density at radius 1 is 1.07 bits per heavy atom. The monoisotopic (exact) mass is 595 g/mol. The zero-order valence-electron chi connectivity index (χ0n) is 26.5. The normalized spacial score (nSPS) is 23.6. The summed E-state index contributed by atoms with van der Waals surface area (Å²) in [7, 11) is 6.04. The summed E-state index contributed by atoms with van der Waals surface area (Å²) >= 11 is 0. The van der Waals surface area contributed by atoms with Gasteiger partial charge in [-0.15, -0.1) is 0 Å². The number of fused-ring (bicyclic) bond motifs is 2. The van der Waals surface area contributed by atoms with Crippen molar-refractivity contribution in [2.45, 2.75) is 57.3 Å². The molecule has 44 heavy (non-hydrogen) atoms. The molecule has 1 saturated carbocycles. The van der Waals surface area contributed by atoms with Gasteiger partial charge in [0.25, 0.3) is 0 Å². The molecule has 2 fully saturated rings. The topological polar surface area (TPSA) is 81.0 Å². The number of nitriles is 1. The number of hydrogen-bond acceptors (Lipinski definition) is 9. The van der Waals surface area contributed by atoms with E-state index in [9.17, 15) is 5.26 Å². The molecular weight excluding hydrogens is 550 g/mol. The third-order valence-corrected chi connectivity index (χ3v) is 9.65. The highest BCUT2D eigenvalue weighted by molar-refractivity contribution is 5.94. The Bertz CT molecular complexity index is 1510. The molecule has 1 saturated heterocycles. The van der Waals surface area contributed by atoms with Crippen molar-refractivity contribution in [3.63, 3.8) is 0 Å². The predicted molar refractivity (Wildman–Crippen MR) is 175 cm³/mol. The smallest absolute Gasteiger partial charge is 0.318 e. The van der Waals surface area contributed by atoms with Crippen LogP contribution in [0.15, 0.2) is 54.7 Å². The average Bonchev–Trinajstić information content (AvgIpc) is 3.03. The molecule has 6 rings (SSSR count). The molecule has 9 heteroatoms. The number of allylic oxidation sites excluding steroid dienone is 1. The fraction of sp³-hybridized carbons (Fsp3) is 0.514. The maximum Gasteiger partial charge on any atom is 0.318 e. The first-order chi connectivity index (χ1) is 21.5. The summed E-state index contributed by atoms with van der Waals surface area (Å²) in [6, 6.07) is 18.6. The number of piperazine rings is 1. The Hall–Kier alpha value is -3.87. The van der Waals surface area contributed by atoms with Crippen LogP contribution >= 0.6 is 0 Å². The quantitative estimate of drug-likeness (QED) is 0.326. The van der Waals surface area contributed by atoms with E-state index >= 15 is 0 Å². The summed E-state index contributed by atoms with van der Waals surface area (Å²) in [5, 5.41) is 12.1. The molecular formula is C35H45N7O2. The number of anilines is 2. The molecule has 2 aromatic carbocycles. The van der Waals surface area contributed by atoms with Crippen LogP contribution in [-0.4, -0.2) is 91.9 Å². The second kappa shape index (κ2) is 13.4. The summed E-state index contributed by atoms with van der Waals surface area (Å²) < 4.78 is 12.1. The van der Waals surface area contributed by atoms with Crippen molar-refractivity contribution < 1.29 is 9.47 Å². The van der Waals surface area contributed by atoms with Gasteiger partial charge < -0.3 is 29.1 Å². The molecule has 1 aromatic heterocycles. The molecule has 3 aromatic rings. The third-order valence-electron chi connectivity index (χ3n) is 9.65. The van der Waals surface area contributed by atoms with E-state index in [4.69, 9.17) is 19.4 Å². The van der Waals surface area contributed by atoms with Crippen molar-refractivity contribution in [1.82, 2.24) is 19.8 Å². The summed E-state index contributed by atoms with van der Waals surface area (Å²) in [4.78, 5) is 19.7. The summed E-state index contributed by atoms with van der Waals surface area (Å²) in [6.07, 6.45) is 7.45.